The van der Waals surface area contributed by atoms with E-state index in [-0.39, 0.29) is 12.5 Å². The summed E-state index contributed by atoms with van der Waals surface area (Å²) in [5.41, 5.74) is 2.73. The number of ether oxygens (including phenoxy) is 1. The summed E-state index contributed by atoms with van der Waals surface area (Å²) in [5.74, 6) is -0.552. The zero-order valence-corrected chi connectivity index (χ0v) is 15.5. The molecule has 1 N–H and O–H groups in total. The van der Waals surface area contributed by atoms with Crippen LogP contribution in [0.3, 0.4) is 0 Å². The molecule has 1 heterocycles. The number of carbonyl (C=O) groups is 2. The van der Waals surface area contributed by atoms with Gasteiger partial charge in [-0.2, -0.15) is 0 Å². The first-order chi connectivity index (χ1) is 11.2. The summed E-state index contributed by atoms with van der Waals surface area (Å²) in [5, 5.41) is 5.29. The molecule has 0 aliphatic carbocycles. The third-order valence-corrected chi connectivity index (χ3v) is 4.44. The van der Waals surface area contributed by atoms with Gasteiger partial charge in [0.1, 0.15) is 10.6 Å². The number of hydrogen-bond donors (Lipinski definition) is 1. The molecule has 0 spiro atoms. The average molecular weight is 345 g/mol. The second-order valence-corrected chi connectivity index (χ2v) is 7.52. The minimum Gasteiger partial charge on any atom is -0.462 e. The fourth-order valence-corrected chi connectivity index (χ4v) is 3.04. The SMILES string of the molecule is CCOC(=O)c1c(-c2ccc(C)cc2)csc1NC(=O)C(C)(C)C. The third-order valence-electron chi connectivity index (χ3n) is 3.54. The smallest absolute Gasteiger partial charge is 0.341 e. The van der Waals surface area contributed by atoms with Crippen LogP contribution >= 0.6 is 11.3 Å². The molecule has 0 saturated carbocycles. The van der Waals surface area contributed by atoms with Crippen molar-refractivity contribution < 1.29 is 14.3 Å². The number of amides is 1. The molecule has 1 amide bonds. The van der Waals surface area contributed by atoms with Gasteiger partial charge >= 0.3 is 5.97 Å². The maximum Gasteiger partial charge on any atom is 0.341 e. The molecule has 0 fully saturated rings. The van der Waals surface area contributed by atoms with Gasteiger partial charge in [-0.25, -0.2) is 4.79 Å². The van der Waals surface area contributed by atoms with Gasteiger partial charge in [0.05, 0.1) is 6.61 Å². The Labute approximate surface area is 146 Å². The number of benzene rings is 1. The van der Waals surface area contributed by atoms with Crippen molar-refractivity contribution in [1.82, 2.24) is 0 Å². The number of nitrogens with one attached hydrogen (secondary N) is 1. The normalized spacial score (nSPS) is 11.2. The highest BCUT2D eigenvalue weighted by Crippen LogP contribution is 2.37. The van der Waals surface area contributed by atoms with Crippen molar-refractivity contribution in [3.63, 3.8) is 0 Å². The lowest BCUT2D eigenvalue weighted by Crippen LogP contribution is -2.28. The van der Waals surface area contributed by atoms with Crippen molar-refractivity contribution in [2.75, 3.05) is 11.9 Å². The van der Waals surface area contributed by atoms with Crippen molar-refractivity contribution in [2.24, 2.45) is 5.41 Å². The van der Waals surface area contributed by atoms with E-state index in [1.165, 1.54) is 11.3 Å². The van der Waals surface area contributed by atoms with Crippen LogP contribution in [0.4, 0.5) is 5.00 Å². The Morgan fingerprint density at radius 2 is 1.79 bits per heavy atom. The Hall–Kier alpha value is -2.14. The van der Waals surface area contributed by atoms with E-state index in [9.17, 15) is 9.59 Å². The summed E-state index contributed by atoms with van der Waals surface area (Å²) < 4.78 is 5.20. The molecule has 0 bridgehead atoms. The topological polar surface area (TPSA) is 55.4 Å². The lowest BCUT2D eigenvalue weighted by molar-refractivity contribution is -0.123. The summed E-state index contributed by atoms with van der Waals surface area (Å²) in [6, 6.07) is 7.93. The van der Waals surface area contributed by atoms with Crippen molar-refractivity contribution in [2.45, 2.75) is 34.6 Å². The second kappa shape index (κ2) is 7.18. The molecule has 128 valence electrons. The number of anilines is 1. The number of hydrogen-bond acceptors (Lipinski definition) is 4. The van der Waals surface area contributed by atoms with Gasteiger partial charge < -0.3 is 10.1 Å². The molecule has 0 unspecified atom stereocenters. The monoisotopic (exact) mass is 345 g/mol. The van der Waals surface area contributed by atoms with E-state index >= 15 is 0 Å². The van der Waals surface area contributed by atoms with Crippen LogP contribution in [0.5, 0.6) is 0 Å². The highest BCUT2D eigenvalue weighted by molar-refractivity contribution is 7.15. The van der Waals surface area contributed by atoms with E-state index < -0.39 is 11.4 Å². The number of rotatable bonds is 4. The maximum atomic E-state index is 12.5. The Balaban J connectivity index is 2.47. The molecule has 0 saturated heterocycles. The summed E-state index contributed by atoms with van der Waals surface area (Å²) in [6.07, 6.45) is 0. The van der Waals surface area contributed by atoms with Crippen LogP contribution in [0.25, 0.3) is 11.1 Å². The van der Waals surface area contributed by atoms with Crippen LogP contribution in [-0.4, -0.2) is 18.5 Å². The molecule has 5 heteroatoms. The lowest BCUT2D eigenvalue weighted by Gasteiger charge is -2.17. The average Bonchev–Trinajstić information content (AvgIpc) is 2.91. The summed E-state index contributed by atoms with van der Waals surface area (Å²) in [7, 11) is 0. The Morgan fingerprint density at radius 3 is 2.33 bits per heavy atom. The van der Waals surface area contributed by atoms with Crippen LogP contribution in [0.15, 0.2) is 29.6 Å². The molecule has 0 atom stereocenters. The van der Waals surface area contributed by atoms with Crippen LogP contribution in [0.2, 0.25) is 0 Å². The molecule has 0 aliphatic rings. The van der Waals surface area contributed by atoms with Crippen LogP contribution < -0.4 is 5.32 Å². The van der Waals surface area contributed by atoms with E-state index in [1.807, 2.05) is 57.3 Å². The summed E-state index contributed by atoms with van der Waals surface area (Å²) >= 11 is 1.34. The summed E-state index contributed by atoms with van der Waals surface area (Å²) in [6.45, 7) is 9.57. The van der Waals surface area contributed by atoms with Gasteiger partial charge in [0.25, 0.3) is 0 Å². The van der Waals surface area contributed by atoms with E-state index in [4.69, 9.17) is 4.74 Å². The van der Waals surface area contributed by atoms with E-state index in [0.29, 0.717) is 10.6 Å². The van der Waals surface area contributed by atoms with Gasteiger partial charge in [-0.3, -0.25) is 4.79 Å². The van der Waals surface area contributed by atoms with E-state index in [1.54, 1.807) is 6.92 Å². The zero-order chi connectivity index (χ0) is 17.9. The quantitative estimate of drug-likeness (QED) is 0.803. The molecule has 0 radical (unpaired) electrons. The molecular weight excluding hydrogens is 322 g/mol. The lowest BCUT2D eigenvalue weighted by atomic mass is 9.95. The summed E-state index contributed by atoms with van der Waals surface area (Å²) in [4.78, 5) is 24.8. The van der Waals surface area contributed by atoms with Crippen molar-refractivity contribution >= 4 is 28.2 Å². The highest BCUT2D eigenvalue weighted by atomic mass is 32.1. The minimum absolute atomic E-state index is 0.134. The first-order valence-electron chi connectivity index (χ1n) is 7.91. The minimum atomic E-state index is -0.542. The number of aryl methyl sites for hydroxylation is 1. The molecule has 2 rings (SSSR count). The predicted octanol–water partition coefficient (Wildman–Crippen LogP) is 4.88. The van der Waals surface area contributed by atoms with Crippen LogP contribution in [0.1, 0.15) is 43.6 Å². The standard InChI is InChI=1S/C19H23NO3S/c1-6-23-17(21)15-14(13-9-7-12(2)8-10-13)11-24-16(15)20-18(22)19(3,4)5/h7-11H,6H2,1-5H3,(H,20,22). The van der Waals surface area contributed by atoms with Gasteiger partial charge in [0.2, 0.25) is 5.91 Å². The fourth-order valence-electron chi connectivity index (χ4n) is 2.09. The predicted molar refractivity (Wildman–Crippen MR) is 98.5 cm³/mol. The highest BCUT2D eigenvalue weighted by Gasteiger charge is 2.27. The molecule has 1 aromatic carbocycles. The van der Waals surface area contributed by atoms with E-state index in [0.717, 1.165) is 16.7 Å². The van der Waals surface area contributed by atoms with Crippen molar-refractivity contribution in [3.05, 3.63) is 40.8 Å². The molecule has 0 aliphatic heterocycles. The number of carbonyl (C=O) groups excluding carboxylic acids is 2. The van der Waals surface area contributed by atoms with Gasteiger partial charge in [0.15, 0.2) is 0 Å². The maximum absolute atomic E-state index is 12.5. The van der Waals surface area contributed by atoms with Crippen LogP contribution in [-0.2, 0) is 9.53 Å². The molecule has 1 aromatic heterocycles. The molecule has 2 aromatic rings. The van der Waals surface area contributed by atoms with Gasteiger partial charge in [-0.1, -0.05) is 50.6 Å². The Bertz CT molecular complexity index is 739. The number of thiophene rings is 1. The van der Waals surface area contributed by atoms with Gasteiger partial charge in [0, 0.05) is 16.4 Å². The first-order valence-corrected chi connectivity index (χ1v) is 8.79. The molecule has 4 nitrogen and oxygen atoms in total. The van der Waals surface area contributed by atoms with E-state index in [2.05, 4.69) is 5.32 Å². The second-order valence-electron chi connectivity index (χ2n) is 6.64. The van der Waals surface area contributed by atoms with Crippen molar-refractivity contribution in [3.8, 4) is 11.1 Å². The largest absolute Gasteiger partial charge is 0.462 e. The van der Waals surface area contributed by atoms with Gasteiger partial charge in [-0.15, -0.1) is 11.3 Å². The Morgan fingerprint density at radius 1 is 1.17 bits per heavy atom. The van der Waals surface area contributed by atoms with Crippen molar-refractivity contribution in [1.29, 1.82) is 0 Å². The van der Waals surface area contributed by atoms with Crippen LogP contribution in [0, 0.1) is 12.3 Å². The zero-order valence-electron chi connectivity index (χ0n) is 14.7. The third kappa shape index (κ3) is 4.03. The first kappa shape index (κ1) is 18.2. The number of esters is 1. The molecular formula is C19H23NO3S. The fraction of sp³-hybridized carbons (Fsp3) is 0.368. The van der Waals surface area contributed by atoms with Gasteiger partial charge in [-0.05, 0) is 19.4 Å². The molecule has 24 heavy (non-hydrogen) atoms. The Kier molecular flexibility index (Phi) is 5.44.